The van der Waals surface area contributed by atoms with E-state index in [0.717, 1.165) is 44.4 Å². The van der Waals surface area contributed by atoms with Gasteiger partial charge in [0.15, 0.2) is 0 Å². The first-order valence-corrected chi connectivity index (χ1v) is 7.14. The van der Waals surface area contributed by atoms with Gasteiger partial charge in [0.2, 0.25) is 0 Å². The highest BCUT2D eigenvalue weighted by Crippen LogP contribution is 2.32. The van der Waals surface area contributed by atoms with Gasteiger partial charge in [0.1, 0.15) is 0 Å². The first-order chi connectivity index (χ1) is 8.13. The number of piperidine rings is 1. The third-order valence-corrected chi connectivity index (χ3v) is 4.49. The minimum absolute atomic E-state index is 0.328. The molecule has 2 aliphatic heterocycles. The molecule has 0 bridgehead atoms. The van der Waals surface area contributed by atoms with Gasteiger partial charge in [-0.3, -0.25) is 0 Å². The number of rotatable bonds is 3. The molecule has 0 spiro atoms. The monoisotopic (exact) mass is 240 g/mol. The standard InChI is InChI=1S/C14H28N2O/c1-12-7-13(2)9-16(8-12)11-14(10-15)3-5-17-6-4-14/h12-13H,3-11,15H2,1-2H3. The summed E-state index contributed by atoms with van der Waals surface area (Å²) in [4.78, 5) is 2.65. The Labute approximate surface area is 106 Å². The highest BCUT2D eigenvalue weighted by atomic mass is 16.5. The zero-order valence-corrected chi connectivity index (χ0v) is 11.5. The van der Waals surface area contributed by atoms with E-state index in [2.05, 4.69) is 18.7 Å². The molecule has 3 nitrogen and oxygen atoms in total. The molecule has 2 saturated heterocycles. The van der Waals surface area contributed by atoms with Crippen LogP contribution in [0.1, 0.15) is 33.1 Å². The third-order valence-electron chi connectivity index (χ3n) is 4.49. The van der Waals surface area contributed by atoms with Gasteiger partial charge in [0, 0.05) is 32.8 Å². The average molecular weight is 240 g/mol. The largest absolute Gasteiger partial charge is 0.381 e. The second kappa shape index (κ2) is 5.68. The van der Waals surface area contributed by atoms with Gasteiger partial charge >= 0.3 is 0 Å². The van der Waals surface area contributed by atoms with Crippen molar-refractivity contribution in [2.75, 3.05) is 39.4 Å². The van der Waals surface area contributed by atoms with Gasteiger partial charge in [-0.1, -0.05) is 13.8 Å². The Hall–Kier alpha value is -0.120. The smallest absolute Gasteiger partial charge is 0.0472 e. The molecule has 2 heterocycles. The highest BCUT2D eigenvalue weighted by molar-refractivity contribution is 4.88. The van der Waals surface area contributed by atoms with Crippen molar-refractivity contribution in [2.45, 2.75) is 33.1 Å². The van der Waals surface area contributed by atoms with Crippen molar-refractivity contribution in [1.29, 1.82) is 0 Å². The molecule has 2 aliphatic rings. The van der Waals surface area contributed by atoms with E-state index in [0.29, 0.717) is 5.41 Å². The van der Waals surface area contributed by atoms with Crippen molar-refractivity contribution >= 4 is 0 Å². The van der Waals surface area contributed by atoms with E-state index in [1.165, 1.54) is 26.1 Å². The Morgan fingerprint density at radius 1 is 1.18 bits per heavy atom. The highest BCUT2D eigenvalue weighted by Gasteiger charge is 2.35. The zero-order chi connectivity index (χ0) is 12.3. The van der Waals surface area contributed by atoms with Gasteiger partial charge < -0.3 is 15.4 Å². The Morgan fingerprint density at radius 3 is 2.29 bits per heavy atom. The van der Waals surface area contributed by atoms with Gasteiger partial charge in [-0.05, 0) is 43.1 Å². The van der Waals surface area contributed by atoms with E-state index in [4.69, 9.17) is 10.5 Å². The SMILES string of the molecule is CC1CC(C)CN(CC2(CN)CCOCC2)C1. The molecule has 2 unspecified atom stereocenters. The number of nitrogens with two attached hydrogens (primary N) is 1. The number of hydrogen-bond acceptors (Lipinski definition) is 3. The summed E-state index contributed by atoms with van der Waals surface area (Å²) in [5.41, 5.74) is 6.37. The summed E-state index contributed by atoms with van der Waals surface area (Å²) < 4.78 is 5.48. The van der Waals surface area contributed by atoms with Gasteiger partial charge in [-0.25, -0.2) is 0 Å². The van der Waals surface area contributed by atoms with Crippen molar-refractivity contribution in [3.8, 4) is 0 Å². The van der Waals surface area contributed by atoms with Crippen LogP contribution < -0.4 is 5.73 Å². The molecular formula is C14H28N2O. The lowest BCUT2D eigenvalue weighted by molar-refractivity contribution is -0.0107. The van der Waals surface area contributed by atoms with E-state index >= 15 is 0 Å². The molecule has 0 radical (unpaired) electrons. The zero-order valence-electron chi connectivity index (χ0n) is 11.5. The minimum atomic E-state index is 0.328. The molecule has 3 heteroatoms. The lowest BCUT2D eigenvalue weighted by Gasteiger charge is -2.43. The summed E-state index contributed by atoms with van der Waals surface area (Å²) in [6.45, 7) is 11.1. The molecular weight excluding hydrogens is 212 g/mol. The topological polar surface area (TPSA) is 38.5 Å². The fraction of sp³-hybridized carbons (Fsp3) is 1.00. The van der Waals surface area contributed by atoms with Crippen LogP contribution in [0.3, 0.4) is 0 Å². The van der Waals surface area contributed by atoms with Crippen LogP contribution in [0.25, 0.3) is 0 Å². The Morgan fingerprint density at radius 2 is 1.76 bits per heavy atom. The van der Waals surface area contributed by atoms with Crippen molar-refractivity contribution in [3.05, 3.63) is 0 Å². The lowest BCUT2D eigenvalue weighted by atomic mass is 9.78. The van der Waals surface area contributed by atoms with E-state index in [1.807, 2.05) is 0 Å². The van der Waals surface area contributed by atoms with Crippen LogP contribution in [-0.4, -0.2) is 44.3 Å². The maximum Gasteiger partial charge on any atom is 0.0472 e. The van der Waals surface area contributed by atoms with E-state index in [9.17, 15) is 0 Å². The summed E-state index contributed by atoms with van der Waals surface area (Å²) in [5, 5.41) is 0. The molecule has 2 rings (SSSR count). The van der Waals surface area contributed by atoms with Gasteiger partial charge in [0.05, 0.1) is 0 Å². The predicted octanol–water partition coefficient (Wildman–Crippen LogP) is 1.72. The molecule has 2 atom stereocenters. The minimum Gasteiger partial charge on any atom is -0.381 e. The van der Waals surface area contributed by atoms with Gasteiger partial charge in [-0.2, -0.15) is 0 Å². The van der Waals surface area contributed by atoms with E-state index in [-0.39, 0.29) is 0 Å². The maximum absolute atomic E-state index is 6.04. The third kappa shape index (κ3) is 3.43. The maximum atomic E-state index is 6.04. The van der Waals surface area contributed by atoms with E-state index < -0.39 is 0 Å². The summed E-state index contributed by atoms with van der Waals surface area (Å²) in [7, 11) is 0. The molecule has 2 fully saturated rings. The van der Waals surface area contributed by atoms with Crippen LogP contribution in [0.2, 0.25) is 0 Å². The Bertz CT molecular complexity index is 228. The summed E-state index contributed by atoms with van der Waals surface area (Å²) in [5.74, 6) is 1.68. The Balaban J connectivity index is 1.93. The van der Waals surface area contributed by atoms with Crippen molar-refractivity contribution in [3.63, 3.8) is 0 Å². The van der Waals surface area contributed by atoms with Crippen molar-refractivity contribution in [2.24, 2.45) is 23.0 Å². The number of nitrogens with zero attached hydrogens (tertiary/aromatic N) is 1. The van der Waals surface area contributed by atoms with Crippen LogP contribution >= 0.6 is 0 Å². The van der Waals surface area contributed by atoms with Gasteiger partial charge in [-0.15, -0.1) is 0 Å². The normalized spacial score (nSPS) is 34.8. The second-order valence-corrected chi connectivity index (χ2v) is 6.46. The van der Waals surface area contributed by atoms with Crippen LogP contribution in [0.5, 0.6) is 0 Å². The molecule has 0 aromatic heterocycles. The summed E-state index contributed by atoms with van der Waals surface area (Å²) in [6.07, 6.45) is 3.67. The molecule has 17 heavy (non-hydrogen) atoms. The van der Waals surface area contributed by atoms with Crippen molar-refractivity contribution in [1.82, 2.24) is 4.90 Å². The summed E-state index contributed by atoms with van der Waals surface area (Å²) >= 11 is 0. The molecule has 0 saturated carbocycles. The molecule has 2 N–H and O–H groups in total. The lowest BCUT2D eigenvalue weighted by Crippen LogP contribution is -2.49. The predicted molar refractivity (Wildman–Crippen MR) is 70.9 cm³/mol. The second-order valence-electron chi connectivity index (χ2n) is 6.46. The first-order valence-electron chi connectivity index (χ1n) is 7.14. The molecule has 0 aromatic rings. The Kier molecular flexibility index (Phi) is 4.45. The van der Waals surface area contributed by atoms with Gasteiger partial charge in [0.25, 0.3) is 0 Å². The number of hydrogen-bond donors (Lipinski definition) is 1. The molecule has 0 aromatic carbocycles. The number of likely N-dealkylation sites (tertiary alicyclic amines) is 1. The number of ether oxygens (including phenoxy) is 1. The molecule has 0 aliphatic carbocycles. The average Bonchev–Trinajstić information content (AvgIpc) is 2.29. The van der Waals surface area contributed by atoms with Crippen LogP contribution in [0.4, 0.5) is 0 Å². The quantitative estimate of drug-likeness (QED) is 0.816. The van der Waals surface area contributed by atoms with Crippen molar-refractivity contribution < 1.29 is 4.74 Å². The molecule has 100 valence electrons. The van der Waals surface area contributed by atoms with E-state index in [1.54, 1.807) is 0 Å². The van der Waals surface area contributed by atoms with Crippen LogP contribution in [-0.2, 0) is 4.74 Å². The fourth-order valence-electron chi connectivity index (χ4n) is 3.63. The fourth-order valence-corrected chi connectivity index (χ4v) is 3.63. The summed E-state index contributed by atoms with van der Waals surface area (Å²) in [6, 6.07) is 0. The van der Waals surface area contributed by atoms with Crippen LogP contribution in [0.15, 0.2) is 0 Å². The molecule has 0 amide bonds. The first kappa shape index (κ1) is 13.3. The van der Waals surface area contributed by atoms with Crippen LogP contribution in [0, 0.1) is 17.3 Å².